The molecule has 3 heteroatoms. The van der Waals surface area contributed by atoms with Crippen LogP contribution >= 0.6 is 0 Å². The van der Waals surface area contributed by atoms with E-state index < -0.39 is 0 Å². The molecule has 76 valence electrons. The van der Waals surface area contributed by atoms with Gasteiger partial charge in [-0.25, -0.2) is 0 Å². The fraction of sp³-hybridized carbons (Fsp3) is 0.250. The zero-order valence-corrected chi connectivity index (χ0v) is 8.35. The molecule has 2 atom stereocenters. The normalized spacial score (nSPS) is 24.1. The van der Waals surface area contributed by atoms with E-state index >= 15 is 0 Å². The second kappa shape index (κ2) is 3.21. The lowest BCUT2D eigenvalue weighted by Crippen LogP contribution is -2.01. The second-order valence-corrected chi connectivity index (χ2v) is 4.07. The zero-order chi connectivity index (χ0) is 10.3. The molecule has 1 heterocycles. The van der Waals surface area contributed by atoms with Gasteiger partial charge in [0.15, 0.2) is 0 Å². The quantitative estimate of drug-likeness (QED) is 0.776. The van der Waals surface area contributed by atoms with E-state index in [2.05, 4.69) is 22.3 Å². The summed E-state index contributed by atoms with van der Waals surface area (Å²) in [6.07, 6.45) is 2.99. The molecule has 0 radical (unpaired) electrons. The highest BCUT2D eigenvalue weighted by Crippen LogP contribution is 2.42. The summed E-state index contributed by atoms with van der Waals surface area (Å²) in [6.45, 7) is 0. The number of benzene rings is 1. The maximum absolute atomic E-state index is 5.86. The van der Waals surface area contributed by atoms with Crippen molar-refractivity contribution in [2.45, 2.75) is 18.4 Å². The number of rotatable bonds is 2. The summed E-state index contributed by atoms with van der Waals surface area (Å²) in [6, 6.07) is 10.6. The first-order chi connectivity index (χ1) is 7.36. The molecule has 0 spiro atoms. The first kappa shape index (κ1) is 8.68. The fourth-order valence-electron chi connectivity index (χ4n) is 1.98. The van der Waals surface area contributed by atoms with Crippen molar-refractivity contribution in [3.05, 3.63) is 42.1 Å². The molecule has 1 saturated carbocycles. The molecule has 3 N–H and O–H groups in total. The SMILES string of the molecule is N[C@@H]1C[C@H]1c1cn[nH]c1-c1ccccc1. The van der Waals surface area contributed by atoms with E-state index in [1.807, 2.05) is 24.4 Å². The van der Waals surface area contributed by atoms with Gasteiger partial charge in [-0.1, -0.05) is 30.3 Å². The van der Waals surface area contributed by atoms with Crippen LogP contribution in [-0.4, -0.2) is 16.2 Å². The number of aromatic amines is 1. The Balaban J connectivity index is 2.02. The predicted octanol–water partition coefficient (Wildman–Crippen LogP) is 1.89. The molecule has 1 aliphatic carbocycles. The van der Waals surface area contributed by atoms with Crippen LogP contribution in [-0.2, 0) is 0 Å². The van der Waals surface area contributed by atoms with Crippen molar-refractivity contribution in [3.63, 3.8) is 0 Å². The van der Waals surface area contributed by atoms with Crippen LogP contribution in [0.15, 0.2) is 36.5 Å². The van der Waals surface area contributed by atoms with Crippen LogP contribution in [0.4, 0.5) is 0 Å². The molecule has 1 aliphatic rings. The smallest absolute Gasteiger partial charge is 0.0685 e. The van der Waals surface area contributed by atoms with Crippen molar-refractivity contribution in [2.75, 3.05) is 0 Å². The molecule has 1 fully saturated rings. The van der Waals surface area contributed by atoms with Crippen molar-refractivity contribution >= 4 is 0 Å². The van der Waals surface area contributed by atoms with Crippen LogP contribution in [0.25, 0.3) is 11.3 Å². The highest BCUT2D eigenvalue weighted by Gasteiger charge is 2.37. The lowest BCUT2D eigenvalue weighted by Gasteiger charge is -2.01. The lowest BCUT2D eigenvalue weighted by atomic mass is 10.1. The topological polar surface area (TPSA) is 54.7 Å². The molecule has 1 aromatic carbocycles. The summed E-state index contributed by atoms with van der Waals surface area (Å²) in [7, 11) is 0. The largest absolute Gasteiger partial charge is 0.327 e. The average molecular weight is 199 g/mol. The maximum atomic E-state index is 5.86. The van der Waals surface area contributed by atoms with Gasteiger partial charge in [0.2, 0.25) is 0 Å². The zero-order valence-electron chi connectivity index (χ0n) is 8.35. The van der Waals surface area contributed by atoms with Crippen LogP contribution in [0, 0.1) is 0 Å². The Bertz CT molecular complexity index is 461. The molecule has 3 nitrogen and oxygen atoms in total. The minimum absolute atomic E-state index is 0.324. The van der Waals surface area contributed by atoms with Crippen LogP contribution in [0.5, 0.6) is 0 Å². The summed E-state index contributed by atoms with van der Waals surface area (Å²) in [5, 5.41) is 7.17. The molecule has 0 bridgehead atoms. The van der Waals surface area contributed by atoms with E-state index in [1.165, 1.54) is 11.1 Å². The predicted molar refractivity (Wildman–Crippen MR) is 59.4 cm³/mol. The van der Waals surface area contributed by atoms with E-state index in [0.29, 0.717) is 12.0 Å². The number of nitrogens with zero attached hydrogens (tertiary/aromatic N) is 1. The Morgan fingerprint density at radius 1 is 1.27 bits per heavy atom. The monoisotopic (exact) mass is 199 g/mol. The number of hydrogen-bond acceptors (Lipinski definition) is 2. The summed E-state index contributed by atoms with van der Waals surface area (Å²) in [5.41, 5.74) is 9.42. The minimum atomic E-state index is 0.324. The highest BCUT2D eigenvalue weighted by atomic mass is 15.1. The molecule has 1 aromatic heterocycles. The number of aromatic nitrogens is 2. The van der Waals surface area contributed by atoms with Gasteiger partial charge >= 0.3 is 0 Å². The fourth-order valence-corrected chi connectivity index (χ4v) is 1.98. The summed E-state index contributed by atoms with van der Waals surface area (Å²) in [5.74, 6) is 0.499. The number of H-pyrrole nitrogens is 1. The molecular formula is C12H13N3. The summed E-state index contributed by atoms with van der Waals surface area (Å²) >= 11 is 0. The van der Waals surface area contributed by atoms with Crippen LogP contribution < -0.4 is 5.73 Å². The van der Waals surface area contributed by atoms with Crippen LogP contribution in [0.2, 0.25) is 0 Å². The van der Waals surface area contributed by atoms with Crippen molar-refractivity contribution in [2.24, 2.45) is 5.73 Å². The van der Waals surface area contributed by atoms with Crippen molar-refractivity contribution < 1.29 is 0 Å². The molecule has 0 unspecified atom stereocenters. The standard InChI is InChI=1S/C12H13N3/c13-11-6-9(11)10-7-14-15-12(10)8-4-2-1-3-5-8/h1-5,7,9,11H,6,13H2,(H,14,15)/t9-,11+/m0/s1. The Kier molecular flexibility index (Phi) is 1.86. The van der Waals surface area contributed by atoms with E-state index in [9.17, 15) is 0 Å². The number of nitrogens with two attached hydrogens (primary N) is 1. The Hall–Kier alpha value is -1.61. The minimum Gasteiger partial charge on any atom is -0.327 e. The van der Waals surface area contributed by atoms with E-state index in [0.717, 1.165) is 12.1 Å². The van der Waals surface area contributed by atoms with Gasteiger partial charge < -0.3 is 5.73 Å². The summed E-state index contributed by atoms with van der Waals surface area (Å²) < 4.78 is 0. The van der Waals surface area contributed by atoms with Gasteiger partial charge in [0.1, 0.15) is 0 Å². The molecule has 0 aliphatic heterocycles. The Morgan fingerprint density at radius 3 is 2.67 bits per heavy atom. The molecule has 2 aromatic rings. The van der Waals surface area contributed by atoms with Crippen LogP contribution in [0.1, 0.15) is 17.9 Å². The molecule has 0 amide bonds. The van der Waals surface area contributed by atoms with Gasteiger partial charge in [0.05, 0.1) is 11.9 Å². The maximum Gasteiger partial charge on any atom is 0.0685 e. The summed E-state index contributed by atoms with van der Waals surface area (Å²) in [4.78, 5) is 0. The average Bonchev–Trinajstić information content (AvgIpc) is 2.82. The molecule has 0 saturated heterocycles. The number of hydrogen-bond donors (Lipinski definition) is 2. The highest BCUT2D eigenvalue weighted by molar-refractivity contribution is 5.64. The Labute approximate surface area is 88.3 Å². The lowest BCUT2D eigenvalue weighted by molar-refractivity contribution is 0.993. The first-order valence-corrected chi connectivity index (χ1v) is 5.20. The van der Waals surface area contributed by atoms with Gasteiger partial charge in [0, 0.05) is 17.5 Å². The van der Waals surface area contributed by atoms with Crippen LogP contribution in [0.3, 0.4) is 0 Å². The van der Waals surface area contributed by atoms with Crippen molar-refractivity contribution in [3.8, 4) is 11.3 Å². The van der Waals surface area contributed by atoms with E-state index in [-0.39, 0.29) is 0 Å². The third-order valence-electron chi connectivity index (χ3n) is 2.97. The van der Waals surface area contributed by atoms with Gasteiger partial charge in [-0.3, -0.25) is 5.10 Å². The Morgan fingerprint density at radius 2 is 2.00 bits per heavy atom. The second-order valence-electron chi connectivity index (χ2n) is 4.07. The van der Waals surface area contributed by atoms with Gasteiger partial charge in [-0.2, -0.15) is 5.10 Å². The van der Waals surface area contributed by atoms with E-state index in [1.54, 1.807) is 0 Å². The first-order valence-electron chi connectivity index (χ1n) is 5.20. The van der Waals surface area contributed by atoms with Gasteiger partial charge in [0.25, 0.3) is 0 Å². The molecule has 3 rings (SSSR count). The van der Waals surface area contributed by atoms with Gasteiger partial charge in [-0.05, 0) is 12.0 Å². The van der Waals surface area contributed by atoms with Crippen molar-refractivity contribution in [1.82, 2.24) is 10.2 Å². The number of nitrogens with one attached hydrogen (secondary N) is 1. The third kappa shape index (κ3) is 1.45. The molecule has 15 heavy (non-hydrogen) atoms. The van der Waals surface area contributed by atoms with Crippen molar-refractivity contribution in [1.29, 1.82) is 0 Å². The molecular weight excluding hydrogens is 186 g/mol. The third-order valence-corrected chi connectivity index (χ3v) is 2.97. The van der Waals surface area contributed by atoms with Gasteiger partial charge in [-0.15, -0.1) is 0 Å². The van der Waals surface area contributed by atoms with E-state index in [4.69, 9.17) is 5.73 Å².